The van der Waals surface area contributed by atoms with Crippen LogP contribution in [0.5, 0.6) is 0 Å². The van der Waals surface area contributed by atoms with Gasteiger partial charge in [-0.2, -0.15) is 0 Å². The third kappa shape index (κ3) is 5.38. The van der Waals surface area contributed by atoms with Crippen molar-refractivity contribution in [3.05, 3.63) is 0 Å². The number of urea groups is 1. The van der Waals surface area contributed by atoms with Crippen LogP contribution in [0.2, 0.25) is 0 Å². The van der Waals surface area contributed by atoms with Crippen LogP contribution in [0.15, 0.2) is 0 Å². The molecule has 0 aromatic carbocycles. The van der Waals surface area contributed by atoms with Gasteiger partial charge in [0.2, 0.25) is 0 Å². The van der Waals surface area contributed by atoms with Gasteiger partial charge in [0, 0.05) is 26.2 Å². The molecule has 0 N–H and O–H groups in total. The Morgan fingerprint density at radius 3 is 1.81 bits per heavy atom. The third-order valence-corrected chi connectivity index (χ3v) is 2.97. The molecule has 0 unspecified atom stereocenters. The molecule has 0 rings (SSSR count). The van der Waals surface area contributed by atoms with E-state index in [0.717, 1.165) is 32.6 Å². The lowest BCUT2D eigenvalue weighted by molar-refractivity contribution is 0.159. The lowest BCUT2D eigenvalue weighted by Crippen LogP contribution is -2.43. The Morgan fingerprint density at radius 2 is 1.38 bits per heavy atom. The average Bonchev–Trinajstić information content (AvgIpc) is 2.30. The summed E-state index contributed by atoms with van der Waals surface area (Å²) < 4.78 is 0. The number of nitrogens with zero attached hydrogens (tertiary/aromatic N) is 2. The molecule has 0 radical (unpaired) electrons. The van der Waals surface area contributed by atoms with E-state index in [0.29, 0.717) is 0 Å². The van der Waals surface area contributed by atoms with E-state index in [1.165, 1.54) is 19.3 Å². The van der Waals surface area contributed by atoms with E-state index in [4.69, 9.17) is 0 Å². The number of hydrogen-bond donors (Lipinski definition) is 0. The van der Waals surface area contributed by atoms with Crippen LogP contribution in [0.25, 0.3) is 0 Å². The van der Waals surface area contributed by atoms with Crippen LogP contribution in [0, 0.1) is 0 Å². The fourth-order valence-corrected chi connectivity index (χ4v) is 1.81. The highest BCUT2D eigenvalue weighted by molar-refractivity contribution is 5.74. The summed E-state index contributed by atoms with van der Waals surface area (Å²) in [5, 5.41) is 0. The zero-order valence-corrected chi connectivity index (χ0v) is 11.5. The quantitative estimate of drug-likeness (QED) is 0.584. The van der Waals surface area contributed by atoms with Gasteiger partial charge in [0.05, 0.1) is 0 Å². The van der Waals surface area contributed by atoms with Gasteiger partial charge < -0.3 is 9.80 Å². The van der Waals surface area contributed by atoms with E-state index < -0.39 is 0 Å². The minimum Gasteiger partial charge on any atom is -0.325 e. The summed E-state index contributed by atoms with van der Waals surface area (Å²) in [6.07, 6.45) is 4.89. The van der Waals surface area contributed by atoms with E-state index in [9.17, 15) is 4.79 Å². The Bertz CT molecular complexity index is 179. The number of hydrogen-bond acceptors (Lipinski definition) is 1. The van der Waals surface area contributed by atoms with Gasteiger partial charge in [0.1, 0.15) is 0 Å². The Balaban J connectivity index is 4.00. The maximum absolute atomic E-state index is 12.1. The first kappa shape index (κ1) is 15.3. The molecule has 2 amide bonds. The van der Waals surface area contributed by atoms with Crippen molar-refractivity contribution < 1.29 is 4.79 Å². The summed E-state index contributed by atoms with van der Waals surface area (Å²) >= 11 is 0. The molecule has 0 aliphatic heterocycles. The van der Waals surface area contributed by atoms with Gasteiger partial charge in [-0.3, -0.25) is 0 Å². The van der Waals surface area contributed by atoms with Crippen LogP contribution in [-0.2, 0) is 0 Å². The lowest BCUT2D eigenvalue weighted by atomic mass is 10.2. The molecular formula is C13H28N2O. The van der Waals surface area contributed by atoms with E-state index in [-0.39, 0.29) is 6.03 Å². The van der Waals surface area contributed by atoms with Crippen LogP contribution in [-0.4, -0.2) is 42.0 Å². The Morgan fingerprint density at radius 1 is 0.812 bits per heavy atom. The summed E-state index contributed by atoms with van der Waals surface area (Å²) in [6.45, 7) is 11.7. The highest BCUT2D eigenvalue weighted by Crippen LogP contribution is 2.04. The van der Waals surface area contributed by atoms with E-state index >= 15 is 0 Å². The highest BCUT2D eigenvalue weighted by atomic mass is 16.2. The molecule has 0 saturated carbocycles. The van der Waals surface area contributed by atoms with Crippen molar-refractivity contribution in [3.63, 3.8) is 0 Å². The van der Waals surface area contributed by atoms with Crippen molar-refractivity contribution in [2.45, 2.75) is 53.4 Å². The summed E-state index contributed by atoms with van der Waals surface area (Å²) in [5.41, 5.74) is 0. The molecule has 0 spiro atoms. The lowest BCUT2D eigenvalue weighted by Gasteiger charge is -2.28. The first-order valence-electron chi connectivity index (χ1n) is 6.74. The normalized spacial score (nSPS) is 10.2. The molecule has 0 aliphatic carbocycles. The van der Waals surface area contributed by atoms with Gasteiger partial charge >= 0.3 is 6.03 Å². The van der Waals surface area contributed by atoms with Gasteiger partial charge in [-0.15, -0.1) is 0 Å². The number of amides is 2. The summed E-state index contributed by atoms with van der Waals surface area (Å²) in [5.74, 6) is 0. The first-order valence-corrected chi connectivity index (χ1v) is 6.74. The number of rotatable bonds is 8. The van der Waals surface area contributed by atoms with Crippen molar-refractivity contribution in [3.8, 4) is 0 Å². The highest BCUT2D eigenvalue weighted by Gasteiger charge is 2.15. The van der Waals surface area contributed by atoms with Gasteiger partial charge in [0.15, 0.2) is 0 Å². The van der Waals surface area contributed by atoms with Gasteiger partial charge in [-0.05, 0) is 27.2 Å². The zero-order chi connectivity index (χ0) is 12.4. The largest absolute Gasteiger partial charge is 0.325 e. The topological polar surface area (TPSA) is 23.6 Å². The Labute approximate surface area is 101 Å². The molecule has 0 fully saturated rings. The molecule has 0 aromatic heterocycles. The summed E-state index contributed by atoms with van der Waals surface area (Å²) in [6, 6.07) is 0.198. The summed E-state index contributed by atoms with van der Waals surface area (Å²) in [4.78, 5) is 15.9. The average molecular weight is 228 g/mol. The second-order valence-corrected chi connectivity index (χ2v) is 4.10. The first-order chi connectivity index (χ1) is 7.71. The number of unbranched alkanes of at least 4 members (excludes halogenated alkanes) is 3. The minimum atomic E-state index is 0.198. The second-order valence-electron chi connectivity index (χ2n) is 4.10. The smallest absolute Gasteiger partial charge is 0.319 e. The van der Waals surface area contributed by atoms with Crippen molar-refractivity contribution >= 4 is 6.03 Å². The molecular weight excluding hydrogens is 200 g/mol. The van der Waals surface area contributed by atoms with Crippen LogP contribution in [0.4, 0.5) is 4.79 Å². The van der Waals surface area contributed by atoms with Crippen LogP contribution in [0.1, 0.15) is 53.4 Å². The van der Waals surface area contributed by atoms with E-state index in [2.05, 4.69) is 13.8 Å². The standard InChI is InChI=1S/C13H28N2O/c1-5-9-10-11-12-15(8-4)13(16)14(6-2)7-3/h5-12H2,1-4H3. The molecule has 3 heteroatoms. The van der Waals surface area contributed by atoms with Gasteiger partial charge in [-0.25, -0.2) is 4.79 Å². The Hall–Kier alpha value is -0.730. The molecule has 96 valence electrons. The fraction of sp³-hybridized carbons (Fsp3) is 0.923. The SMILES string of the molecule is CCCCCCN(CC)C(=O)N(CC)CC. The van der Waals surface area contributed by atoms with E-state index in [1.807, 2.05) is 23.6 Å². The molecule has 16 heavy (non-hydrogen) atoms. The molecule has 3 nitrogen and oxygen atoms in total. The van der Waals surface area contributed by atoms with Gasteiger partial charge in [-0.1, -0.05) is 26.2 Å². The Kier molecular flexibility index (Phi) is 9.06. The van der Waals surface area contributed by atoms with Crippen LogP contribution in [0.3, 0.4) is 0 Å². The maximum atomic E-state index is 12.1. The monoisotopic (exact) mass is 228 g/mol. The van der Waals surface area contributed by atoms with Crippen molar-refractivity contribution in [1.29, 1.82) is 0 Å². The zero-order valence-electron chi connectivity index (χ0n) is 11.5. The minimum absolute atomic E-state index is 0.198. The van der Waals surface area contributed by atoms with Crippen molar-refractivity contribution in [2.75, 3.05) is 26.2 Å². The number of carbonyl (C=O) groups is 1. The molecule has 0 saturated heterocycles. The molecule has 0 aromatic rings. The molecule has 0 aliphatic rings. The van der Waals surface area contributed by atoms with Crippen LogP contribution < -0.4 is 0 Å². The van der Waals surface area contributed by atoms with Crippen molar-refractivity contribution in [2.24, 2.45) is 0 Å². The third-order valence-electron chi connectivity index (χ3n) is 2.97. The second kappa shape index (κ2) is 9.49. The predicted octanol–water partition coefficient (Wildman–Crippen LogP) is 3.35. The molecule has 0 atom stereocenters. The van der Waals surface area contributed by atoms with Gasteiger partial charge in [0.25, 0.3) is 0 Å². The fourth-order valence-electron chi connectivity index (χ4n) is 1.81. The predicted molar refractivity (Wildman–Crippen MR) is 69.7 cm³/mol. The van der Waals surface area contributed by atoms with Crippen molar-refractivity contribution in [1.82, 2.24) is 9.80 Å². The molecule has 0 heterocycles. The summed E-state index contributed by atoms with van der Waals surface area (Å²) in [7, 11) is 0. The number of carbonyl (C=O) groups excluding carboxylic acids is 1. The van der Waals surface area contributed by atoms with E-state index in [1.54, 1.807) is 0 Å². The molecule has 0 bridgehead atoms. The maximum Gasteiger partial charge on any atom is 0.319 e. The van der Waals surface area contributed by atoms with Crippen LogP contribution >= 0.6 is 0 Å².